The molecule has 26 heavy (non-hydrogen) atoms. The van der Waals surface area contributed by atoms with Crippen LogP contribution in [0.15, 0.2) is 57.9 Å². The minimum Gasteiger partial charge on any atom is -0.354 e. The van der Waals surface area contributed by atoms with E-state index in [2.05, 4.69) is 9.88 Å². The van der Waals surface area contributed by atoms with Crippen molar-refractivity contribution >= 4 is 15.8 Å². The van der Waals surface area contributed by atoms with E-state index in [1.807, 2.05) is 6.07 Å². The van der Waals surface area contributed by atoms with Crippen molar-refractivity contribution in [3.63, 3.8) is 0 Å². The van der Waals surface area contributed by atoms with Crippen molar-refractivity contribution in [2.24, 2.45) is 0 Å². The first-order valence-corrected chi connectivity index (χ1v) is 9.87. The highest BCUT2D eigenvalue weighted by Gasteiger charge is 2.20. The molecule has 0 unspecified atom stereocenters. The summed E-state index contributed by atoms with van der Waals surface area (Å²) in [6.07, 6.45) is 4.08. The van der Waals surface area contributed by atoms with Crippen LogP contribution in [0.5, 0.6) is 0 Å². The number of sulfonamides is 1. The van der Waals surface area contributed by atoms with Gasteiger partial charge in [-0.2, -0.15) is 0 Å². The summed E-state index contributed by atoms with van der Waals surface area (Å²) in [7, 11) is -3.79. The number of halogens is 1. The van der Waals surface area contributed by atoms with Crippen molar-refractivity contribution in [2.75, 3.05) is 4.72 Å². The molecule has 0 atom stereocenters. The van der Waals surface area contributed by atoms with Gasteiger partial charge in [-0.05, 0) is 61.1 Å². The van der Waals surface area contributed by atoms with E-state index < -0.39 is 15.8 Å². The molecular weight excluding hydrogens is 355 g/mol. The third-order valence-electron chi connectivity index (χ3n) is 4.52. The molecule has 0 aliphatic heterocycles. The second kappa shape index (κ2) is 6.57. The number of hydrogen-bond acceptors (Lipinski definition) is 4. The van der Waals surface area contributed by atoms with Crippen LogP contribution in [0.25, 0.3) is 11.3 Å². The second-order valence-electron chi connectivity index (χ2n) is 6.30. The van der Waals surface area contributed by atoms with Gasteiger partial charge in [-0.1, -0.05) is 23.4 Å². The van der Waals surface area contributed by atoms with Crippen LogP contribution in [0.3, 0.4) is 0 Å². The lowest BCUT2D eigenvalue weighted by molar-refractivity contribution is 0.433. The third kappa shape index (κ3) is 3.22. The average Bonchev–Trinajstić information content (AvgIpc) is 3.09. The van der Waals surface area contributed by atoms with Gasteiger partial charge in [0.25, 0.3) is 10.0 Å². The van der Waals surface area contributed by atoms with Crippen molar-refractivity contribution in [3.05, 3.63) is 65.5 Å². The molecular formula is C19H17FN2O3S. The van der Waals surface area contributed by atoms with Gasteiger partial charge in [0.2, 0.25) is 0 Å². The minimum atomic E-state index is -3.79. The summed E-state index contributed by atoms with van der Waals surface area (Å²) in [5.74, 6) is -0.292. The molecule has 7 heteroatoms. The first-order chi connectivity index (χ1) is 12.5. The molecule has 0 amide bonds. The number of hydrogen-bond donors (Lipinski definition) is 1. The maximum Gasteiger partial charge on any atom is 0.263 e. The molecule has 0 fully saturated rings. The highest BCUT2D eigenvalue weighted by molar-refractivity contribution is 7.92. The number of fused-ring (bicyclic) bond motifs is 1. The lowest BCUT2D eigenvalue weighted by Gasteiger charge is -2.16. The van der Waals surface area contributed by atoms with Crippen molar-refractivity contribution in [2.45, 2.75) is 30.6 Å². The molecule has 4 rings (SSSR count). The SMILES string of the molecule is O=S(=O)(Nc1cc(-c2ccccc2F)on1)c1ccc2c(c1)CCCC2. The van der Waals surface area contributed by atoms with Crippen LogP contribution in [-0.4, -0.2) is 13.6 Å². The van der Waals surface area contributed by atoms with E-state index in [1.165, 1.54) is 23.8 Å². The molecule has 3 aromatic rings. The predicted octanol–water partition coefficient (Wildman–Crippen LogP) is 4.16. The number of anilines is 1. The summed E-state index contributed by atoms with van der Waals surface area (Å²) in [6, 6.07) is 12.6. The van der Waals surface area contributed by atoms with Crippen LogP contribution < -0.4 is 4.72 Å². The Morgan fingerprint density at radius 2 is 1.77 bits per heavy atom. The summed E-state index contributed by atoms with van der Waals surface area (Å²) in [5.41, 5.74) is 2.50. The first-order valence-electron chi connectivity index (χ1n) is 8.39. The zero-order chi connectivity index (χ0) is 18.1. The minimum absolute atomic E-state index is 0.0148. The molecule has 0 bridgehead atoms. The molecule has 0 saturated carbocycles. The molecule has 1 aromatic heterocycles. The van der Waals surface area contributed by atoms with Gasteiger partial charge in [-0.25, -0.2) is 12.8 Å². The largest absolute Gasteiger partial charge is 0.354 e. The topological polar surface area (TPSA) is 72.2 Å². The molecule has 1 heterocycles. The molecule has 5 nitrogen and oxygen atoms in total. The fourth-order valence-electron chi connectivity index (χ4n) is 3.18. The van der Waals surface area contributed by atoms with Gasteiger partial charge in [0.15, 0.2) is 11.6 Å². The third-order valence-corrected chi connectivity index (χ3v) is 5.87. The van der Waals surface area contributed by atoms with E-state index in [-0.39, 0.29) is 22.0 Å². The van der Waals surface area contributed by atoms with E-state index in [4.69, 9.17) is 4.52 Å². The molecule has 0 radical (unpaired) electrons. The Bertz CT molecular complexity index is 1060. The lowest BCUT2D eigenvalue weighted by atomic mass is 9.92. The zero-order valence-corrected chi connectivity index (χ0v) is 14.7. The number of aromatic nitrogens is 1. The zero-order valence-electron chi connectivity index (χ0n) is 13.9. The highest BCUT2D eigenvalue weighted by Crippen LogP contribution is 2.28. The van der Waals surface area contributed by atoms with Gasteiger partial charge >= 0.3 is 0 Å². The van der Waals surface area contributed by atoms with E-state index in [9.17, 15) is 12.8 Å². The fourth-order valence-corrected chi connectivity index (χ4v) is 4.22. The smallest absolute Gasteiger partial charge is 0.263 e. The number of benzene rings is 2. The molecule has 1 aliphatic rings. The Balaban J connectivity index is 1.60. The van der Waals surface area contributed by atoms with Gasteiger partial charge in [0.05, 0.1) is 10.5 Å². The Morgan fingerprint density at radius 1 is 1.00 bits per heavy atom. The normalized spacial score (nSPS) is 14.0. The van der Waals surface area contributed by atoms with Gasteiger partial charge in [-0.3, -0.25) is 4.72 Å². The number of rotatable bonds is 4. The Hall–Kier alpha value is -2.67. The summed E-state index contributed by atoms with van der Waals surface area (Å²) in [6.45, 7) is 0. The number of nitrogens with zero attached hydrogens (tertiary/aromatic N) is 1. The standard InChI is InChI=1S/C19H17FN2O3S/c20-17-8-4-3-7-16(17)18-12-19(21-25-18)22-26(23,24)15-10-9-13-5-1-2-6-14(13)11-15/h3-4,7-12H,1-2,5-6H2,(H,21,22). The van der Waals surface area contributed by atoms with Gasteiger partial charge in [0.1, 0.15) is 5.82 Å². The second-order valence-corrected chi connectivity index (χ2v) is 7.98. The number of nitrogens with one attached hydrogen (secondary N) is 1. The maximum atomic E-state index is 13.8. The van der Waals surface area contributed by atoms with Crippen LogP contribution in [-0.2, 0) is 22.9 Å². The molecule has 2 aromatic carbocycles. The summed E-state index contributed by atoms with van der Waals surface area (Å²) in [5, 5.41) is 3.70. The number of aryl methyl sites for hydroxylation is 2. The average molecular weight is 372 g/mol. The predicted molar refractivity (Wildman–Crippen MR) is 95.8 cm³/mol. The monoisotopic (exact) mass is 372 g/mol. The van der Waals surface area contributed by atoms with E-state index in [0.29, 0.717) is 0 Å². The quantitative estimate of drug-likeness (QED) is 0.746. The summed E-state index contributed by atoms with van der Waals surface area (Å²) >= 11 is 0. The Morgan fingerprint density at radius 3 is 2.58 bits per heavy atom. The van der Waals surface area contributed by atoms with Crippen LogP contribution in [0.1, 0.15) is 24.0 Å². The van der Waals surface area contributed by atoms with Crippen molar-refractivity contribution in [3.8, 4) is 11.3 Å². The van der Waals surface area contributed by atoms with Gasteiger partial charge < -0.3 is 4.52 Å². The first kappa shape index (κ1) is 16.8. The molecule has 0 spiro atoms. The molecule has 134 valence electrons. The lowest BCUT2D eigenvalue weighted by Crippen LogP contribution is -2.14. The summed E-state index contributed by atoms with van der Waals surface area (Å²) < 4.78 is 46.6. The van der Waals surface area contributed by atoms with Crippen molar-refractivity contribution < 1.29 is 17.3 Å². The van der Waals surface area contributed by atoms with E-state index >= 15 is 0 Å². The Kier molecular flexibility index (Phi) is 4.24. The molecule has 1 aliphatic carbocycles. The molecule has 0 saturated heterocycles. The van der Waals surface area contributed by atoms with Crippen LogP contribution in [0, 0.1) is 5.82 Å². The van der Waals surface area contributed by atoms with Gasteiger partial charge in [0, 0.05) is 6.07 Å². The van der Waals surface area contributed by atoms with E-state index in [1.54, 1.807) is 24.3 Å². The van der Waals surface area contributed by atoms with Crippen LogP contribution in [0.2, 0.25) is 0 Å². The van der Waals surface area contributed by atoms with Crippen LogP contribution in [0.4, 0.5) is 10.2 Å². The highest BCUT2D eigenvalue weighted by atomic mass is 32.2. The fraction of sp³-hybridized carbons (Fsp3) is 0.211. The van der Waals surface area contributed by atoms with Crippen molar-refractivity contribution in [1.29, 1.82) is 0 Å². The van der Waals surface area contributed by atoms with Crippen LogP contribution >= 0.6 is 0 Å². The van der Waals surface area contributed by atoms with Gasteiger partial charge in [-0.15, -0.1) is 0 Å². The van der Waals surface area contributed by atoms with Crippen molar-refractivity contribution in [1.82, 2.24) is 5.16 Å². The summed E-state index contributed by atoms with van der Waals surface area (Å²) in [4.78, 5) is 0.189. The van der Waals surface area contributed by atoms with E-state index in [0.717, 1.165) is 31.2 Å². The molecule has 1 N–H and O–H groups in total. The maximum absolute atomic E-state index is 13.8. The Labute approximate surface area is 150 Å².